The summed E-state index contributed by atoms with van der Waals surface area (Å²) >= 11 is 0. The van der Waals surface area contributed by atoms with Crippen molar-refractivity contribution in [2.45, 2.75) is 51.6 Å². The summed E-state index contributed by atoms with van der Waals surface area (Å²) in [7, 11) is 0. The number of aryl methyl sites for hydroxylation is 2. The molecule has 0 saturated heterocycles. The first-order valence-electron chi connectivity index (χ1n) is 12.0. The van der Waals surface area contributed by atoms with Crippen molar-refractivity contribution in [1.82, 2.24) is 0 Å². The summed E-state index contributed by atoms with van der Waals surface area (Å²) in [5.74, 6) is 0.574. The van der Waals surface area contributed by atoms with Gasteiger partial charge in [0.2, 0.25) is 0 Å². The molecule has 4 nitrogen and oxygen atoms in total. The number of phenolic OH excluding ortho intramolecular Hbond substituents is 2. The van der Waals surface area contributed by atoms with Gasteiger partial charge in [0.1, 0.15) is 11.5 Å². The van der Waals surface area contributed by atoms with E-state index in [-0.39, 0.29) is 115 Å². The number of aromatic hydroxyl groups is 2. The van der Waals surface area contributed by atoms with Crippen molar-refractivity contribution in [1.29, 1.82) is 0 Å². The van der Waals surface area contributed by atoms with E-state index < -0.39 is 0 Å². The first-order valence-corrected chi connectivity index (χ1v) is 12.0. The molecule has 2 atom stereocenters. The van der Waals surface area contributed by atoms with Crippen LogP contribution in [0.3, 0.4) is 0 Å². The van der Waals surface area contributed by atoms with Gasteiger partial charge in [-0.15, -0.1) is 0 Å². The Kier molecular flexibility index (Phi) is 13.0. The molecule has 0 aliphatic heterocycles. The van der Waals surface area contributed by atoms with Crippen molar-refractivity contribution in [2.75, 3.05) is 0 Å². The van der Waals surface area contributed by atoms with Gasteiger partial charge in [-0.2, -0.15) is 0 Å². The molecule has 7 heteroatoms. The second-order valence-corrected chi connectivity index (χ2v) is 9.30. The van der Waals surface area contributed by atoms with E-state index in [4.69, 9.17) is 9.98 Å². The Balaban J connectivity index is 0.00000160. The number of hydrogen-bond acceptors (Lipinski definition) is 4. The molecule has 0 unspecified atom stereocenters. The SMILES string of the molecule is Cc1c(O)c(C=N[C@H]2CCCC[C@@H]2N=Cc2cc3ccccc3c(C)c2O)cc2ccccc12.[Y].[Y].[Zr]. The number of hydrogen-bond donors (Lipinski definition) is 2. The molecule has 37 heavy (non-hydrogen) atoms. The second-order valence-electron chi connectivity index (χ2n) is 9.30. The zero-order valence-electron chi connectivity index (χ0n) is 21.4. The quantitative estimate of drug-likeness (QED) is 0.227. The molecule has 0 bridgehead atoms. The van der Waals surface area contributed by atoms with Gasteiger partial charge in [-0.05, 0) is 71.5 Å². The fraction of sp³-hybridized carbons (Fsp3) is 0.267. The number of rotatable bonds is 4. The van der Waals surface area contributed by atoms with E-state index >= 15 is 0 Å². The fourth-order valence-corrected chi connectivity index (χ4v) is 5.08. The molecule has 4 aromatic rings. The summed E-state index contributed by atoms with van der Waals surface area (Å²) in [5, 5.41) is 25.8. The minimum absolute atomic E-state index is 0. The van der Waals surface area contributed by atoms with Crippen molar-refractivity contribution in [3.05, 3.63) is 82.9 Å². The largest absolute Gasteiger partial charge is 0.507 e. The van der Waals surface area contributed by atoms with Crippen LogP contribution in [0.4, 0.5) is 0 Å². The molecule has 0 amide bonds. The van der Waals surface area contributed by atoms with Crippen LogP contribution in [0.5, 0.6) is 11.5 Å². The van der Waals surface area contributed by atoms with Gasteiger partial charge in [-0.1, -0.05) is 61.4 Å². The van der Waals surface area contributed by atoms with E-state index in [2.05, 4.69) is 12.1 Å². The molecule has 0 aromatic heterocycles. The maximum absolute atomic E-state index is 10.7. The van der Waals surface area contributed by atoms with Gasteiger partial charge in [0.25, 0.3) is 0 Å². The minimum Gasteiger partial charge on any atom is -0.507 e. The number of nitrogens with zero attached hydrogens (tertiary/aromatic N) is 2. The number of phenols is 2. The van der Waals surface area contributed by atoms with E-state index in [0.717, 1.165) is 69.5 Å². The van der Waals surface area contributed by atoms with Crippen LogP contribution in [0.15, 0.2) is 70.6 Å². The van der Waals surface area contributed by atoms with Gasteiger partial charge in [-0.25, -0.2) is 0 Å². The maximum atomic E-state index is 10.7. The maximum Gasteiger partial charge on any atom is 0.127 e. The van der Waals surface area contributed by atoms with Crippen molar-refractivity contribution in [3.63, 3.8) is 0 Å². The summed E-state index contributed by atoms with van der Waals surface area (Å²) in [4.78, 5) is 9.77. The molecule has 2 N–H and O–H groups in total. The third-order valence-corrected chi connectivity index (χ3v) is 7.11. The van der Waals surface area contributed by atoms with Gasteiger partial charge in [0.15, 0.2) is 0 Å². The predicted octanol–water partition coefficient (Wildman–Crippen LogP) is 6.86. The Bertz CT molecular complexity index is 1330. The van der Waals surface area contributed by atoms with Crippen LogP contribution in [0.1, 0.15) is 47.9 Å². The van der Waals surface area contributed by atoms with Gasteiger partial charge >= 0.3 is 0 Å². The average Bonchev–Trinajstić information content (AvgIpc) is 2.87. The van der Waals surface area contributed by atoms with Crippen molar-refractivity contribution >= 4 is 34.0 Å². The molecule has 2 radical (unpaired) electrons. The number of benzene rings is 4. The molecule has 0 heterocycles. The average molecular weight is 720 g/mol. The molecule has 0 spiro atoms. The van der Waals surface area contributed by atoms with Crippen LogP contribution < -0.4 is 0 Å². The minimum atomic E-state index is 0. The standard InChI is InChI=1S/C30H30N2O2.2Y.Zr/c1-19-25-11-5-3-9-21(25)15-23(29(19)33)17-31-27-13-7-8-14-28(27)32-18-24-16-22-10-4-6-12-26(22)20(2)30(24)34;;;/h3-6,9-12,15-18,27-28,33-34H,7-8,13-14H2,1-2H3;;;/t27-,28-;;;/m0.../s1. The van der Waals surface area contributed by atoms with Crippen LogP contribution in [0, 0.1) is 13.8 Å². The number of fused-ring (bicyclic) bond motifs is 2. The Morgan fingerprint density at radius 1 is 0.676 bits per heavy atom. The molecular weight excluding hydrogens is 689 g/mol. The third-order valence-electron chi connectivity index (χ3n) is 7.11. The van der Waals surface area contributed by atoms with Crippen molar-refractivity contribution in [3.8, 4) is 11.5 Å². The summed E-state index contributed by atoms with van der Waals surface area (Å²) in [6.45, 7) is 3.89. The van der Waals surface area contributed by atoms with Gasteiger partial charge in [-0.3, -0.25) is 9.98 Å². The Morgan fingerprint density at radius 2 is 1.05 bits per heavy atom. The Morgan fingerprint density at radius 3 is 1.46 bits per heavy atom. The van der Waals surface area contributed by atoms with Crippen LogP contribution in [-0.2, 0) is 91.6 Å². The molecule has 1 aliphatic carbocycles. The smallest absolute Gasteiger partial charge is 0.127 e. The van der Waals surface area contributed by atoms with Gasteiger partial charge < -0.3 is 10.2 Å². The van der Waals surface area contributed by atoms with E-state index in [1.165, 1.54) is 0 Å². The zero-order valence-corrected chi connectivity index (χ0v) is 29.5. The van der Waals surface area contributed by atoms with Gasteiger partial charge in [0, 0.05) is 115 Å². The van der Waals surface area contributed by atoms with Crippen LogP contribution in [-0.4, -0.2) is 34.7 Å². The molecule has 182 valence electrons. The summed E-state index contributed by atoms with van der Waals surface area (Å²) in [5.41, 5.74) is 3.24. The zero-order chi connectivity index (χ0) is 23.7. The Hall–Kier alpha value is -0.569. The van der Waals surface area contributed by atoms with Crippen molar-refractivity contribution < 1.29 is 102 Å². The topological polar surface area (TPSA) is 65.2 Å². The fourth-order valence-electron chi connectivity index (χ4n) is 5.08. The van der Waals surface area contributed by atoms with Crippen LogP contribution in [0.25, 0.3) is 21.5 Å². The first-order chi connectivity index (χ1) is 16.5. The molecule has 1 saturated carbocycles. The number of aliphatic imine (C=N–C) groups is 2. The normalized spacial score (nSPS) is 17.5. The van der Waals surface area contributed by atoms with Crippen LogP contribution in [0.2, 0.25) is 0 Å². The van der Waals surface area contributed by atoms with Crippen LogP contribution >= 0.6 is 0 Å². The third kappa shape index (κ3) is 7.15. The predicted molar refractivity (Wildman–Crippen MR) is 142 cm³/mol. The van der Waals surface area contributed by atoms with E-state index in [1.807, 2.05) is 74.8 Å². The molecule has 1 aliphatic rings. The van der Waals surface area contributed by atoms with E-state index in [9.17, 15) is 10.2 Å². The van der Waals surface area contributed by atoms with Gasteiger partial charge in [0.05, 0.1) is 12.1 Å². The van der Waals surface area contributed by atoms with Crippen molar-refractivity contribution in [2.24, 2.45) is 9.98 Å². The molecule has 4 aromatic carbocycles. The Labute approximate surface area is 288 Å². The molecular formula is C30H30N2O2Y2Zr. The second kappa shape index (κ2) is 14.7. The summed E-state index contributed by atoms with van der Waals surface area (Å²) < 4.78 is 0. The summed E-state index contributed by atoms with van der Waals surface area (Å²) in [6, 6.07) is 20.3. The monoisotopic (exact) mass is 718 g/mol. The summed E-state index contributed by atoms with van der Waals surface area (Å²) in [6.07, 6.45) is 7.80. The van der Waals surface area contributed by atoms with E-state index in [0.29, 0.717) is 0 Å². The molecule has 5 rings (SSSR count). The first kappa shape index (κ1) is 32.6. The van der Waals surface area contributed by atoms with E-state index in [1.54, 1.807) is 0 Å². The molecule has 1 fully saturated rings.